The maximum Gasteiger partial charge on any atom is 0.223 e. The van der Waals surface area contributed by atoms with Crippen LogP contribution in [0.25, 0.3) is 0 Å². The summed E-state index contributed by atoms with van der Waals surface area (Å²) in [5.74, 6) is 1.66. The number of nitrogens with zero attached hydrogens (tertiary/aromatic N) is 1. The van der Waals surface area contributed by atoms with E-state index in [1.165, 1.54) is 51.6 Å². The largest absolute Gasteiger partial charge is 0.352 e. The highest BCUT2D eigenvalue weighted by atomic mass is 35.5. The molecule has 1 saturated heterocycles. The van der Waals surface area contributed by atoms with Crippen molar-refractivity contribution >= 4 is 30.7 Å². The number of rotatable bonds is 4. The van der Waals surface area contributed by atoms with E-state index in [4.69, 9.17) is 5.73 Å². The first-order valence-corrected chi connectivity index (χ1v) is 9.42. The van der Waals surface area contributed by atoms with Crippen LogP contribution >= 0.6 is 24.8 Å². The van der Waals surface area contributed by atoms with Crippen LogP contribution in [0.5, 0.6) is 0 Å². The summed E-state index contributed by atoms with van der Waals surface area (Å²) in [4.78, 5) is 15.1. The number of amides is 1. The zero-order valence-corrected chi connectivity index (χ0v) is 16.5. The summed E-state index contributed by atoms with van der Waals surface area (Å²) in [6, 6.07) is 0.615. The molecule has 0 aromatic heterocycles. The molecular formula is C18H35Cl2N3O. The molecule has 3 fully saturated rings. The lowest BCUT2D eigenvalue weighted by atomic mass is 9.65. The lowest BCUT2D eigenvalue weighted by Crippen LogP contribution is -2.51. The van der Waals surface area contributed by atoms with Crippen molar-refractivity contribution in [2.75, 3.05) is 19.6 Å². The molecule has 2 bridgehead atoms. The number of fused-ring (bicyclic) bond motifs is 2. The van der Waals surface area contributed by atoms with Gasteiger partial charge in [-0.1, -0.05) is 12.8 Å². The van der Waals surface area contributed by atoms with Crippen LogP contribution in [-0.4, -0.2) is 42.5 Å². The summed E-state index contributed by atoms with van der Waals surface area (Å²) in [6.07, 6.45) is 9.77. The first-order chi connectivity index (χ1) is 10.6. The third-order valence-corrected chi connectivity index (χ3v) is 6.15. The normalized spacial score (nSPS) is 34.4. The average Bonchev–Trinajstić information content (AvgIpc) is 2.47. The second-order valence-electron chi connectivity index (χ2n) is 7.97. The van der Waals surface area contributed by atoms with Gasteiger partial charge in [-0.15, -0.1) is 24.8 Å². The summed E-state index contributed by atoms with van der Waals surface area (Å²) < 4.78 is 0. The van der Waals surface area contributed by atoms with Gasteiger partial charge in [-0.05, 0) is 70.4 Å². The Kier molecular flexibility index (Phi) is 9.35. The van der Waals surface area contributed by atoms with E-state index in [9.17, 15) is 4.79 Å². The lowest BCUT2D eigenvalue weighted by molar-refractivity contribution is -0.128. The topological polar surface area (TPSA) is 58.4 Å². The Morgan fingerprint density at radius 2 is 1.67 bits per heavy atom. The number of hydrogen-bond donors (Lipinski definition) is 2. The van der Waals surface area contributed by atoms with Crippen molar-refractivity contribution in [3.05, 3.63) is 0 Å². The summed E-state index contributed by atoms with van der Waals surface area (Å²) in [6.45, 7) is 5.55. The molecule has 24 heavy (non-hydrogen) atoms. The van der Waals surface area contributed by atoms with Gasteiger partial charge in [-0.3, -0.25) is 4.79 Å². The number of nitrogens with two attached hydrogens (primary N) is 1. The number of hydrogen-bond acceptors (Lipinski definition) is 3. The van der Waals surface area contributed by atoms with Gasteiger partial charge in [0.2, 0.25) is 5.91 Å². The van der Waals surface area contributed by atoms with Crippen molar-refractivity contribution in [1.82, 2.24) is 10.2 Å². The van der Waals surface area contributed by atoms with Crippen molar-refractivity contribution in [2.45, 2.75) is 70.4 Å². The molecule has 0 radical (unpaired) electrons. The van der Waals surface area contributed by atoms with Crippen molar-refractivity contribution in [3.63, 3.8) is 0 Å². The van der Waals surface area contributed by atoms with E-state index in [2.05, 4.69) is 17.1 Å². The lowest BCUT2D eigenvalue weighted by Gasteiger charge is -2.43. The SMILES string of the molecule is CC(CN1CCCCC1)NC(=O)C1CC2CCCC(C1)C2N.Cl.Cl. The van der Waals surface area contributed by atoms with Crippen molar-refractivity contribution in [1.29, 1.82) is 0 Å². The van der Waals surface area contributed by atoms with E-state index in [1.807, 2.05) is 0 Å². The molecule has 2 saturated carbocycles. The predicted octanol–water partition coefficient (Wildman–Crippen LogP) is 2.97. The Bertz CT molecular complexity index is 376. The molecule has 0 aromatic rings. The molecule has 142 valence electrons. The Labute approximate surface area is 159 Å². The number of nitrogens with one attached hydrogen (secondary N) is 1. The smallest absolute Gasteiger partial charge is 0.223 e. The number of carbonyl (C=O) groups is 1. The van der Waals surface area contributed by atoms with Crippen LogP contribution in [0.1, 0.15) is 58.3 Å². The molecule has 3 rings (SSSR count). The van der Waals surface area contributed by atoms with Crippen LogP contribution in [0.3, 0.4) is 0 Å². The van der Waals surface area contributed by atoms with Gasteiger partial charge in [0.05, 0.1) is 0 Å². The van der Waals surface area contributed by atoms with Gasteiger partial charge in [-0.2, -0.15) is 0 Å². The summed E-state index contributed by atoms with van der Waals surface area (Å²) in [5.41, 5.74) is 6.33. The van der Waals surface area contributed by atoms with E-state index < -0.39 is 0 Å². The first kappa shape index (κ1) is 22.0. The maximum atomic E-state index is 12.6. The number of piperidine rings is 1. The van der Waals surface area contributed by atoms with Gasteiger partial charge >= 0.3 is 0 Å². The Morgan fingerprint density at radius 1 is 1.08 bits per heavy atom. The molecule has 3 unspecified atom stereocenters. The number of carbonyl (C=O) groups excluding carboxylic acids is 1. The molecule has 0 spiro atoms. The minimum atomic E-state index is 0. The van der Waals surface area contributed by atoms with Gasteiger partial charge in [0.15, 0.2) is 0 Å². The molecular weight excluding hydrogens is 345 g/mol. The van der Waals surface area contributed by atoms with Crippen LogP contribution < -0.4 is 11.1 Å². The third-order valence-electron chi connectivity index (χ3n) is 6.15. The van der Waals surface area contributed by atoms with Crippen LogP contribution in [-0.2, 0) is 4.79 Å². The molecule has 1 amide bonds. The fraction of sp³-hybridized carbons (Fsp3) is 0.944. The maximum absolute atomic E-state index is 12.6. The van der Waals surface area contributed by atoms with Crippen LogP contribution in [0.2, 0.25) is 0 Å². The molecule has 0 aromatic carbocycles. The average molecular weight is 380 g/mol. The third kappa shape index (κ3) is 5.48. The second kappa shape index (κ2) is 10.2. The second-order valence-corrected chi connectivity index (χ2v) is 7.97. The van der Waals surface area contributed by atoms with E-state index >= 15 is 0 Å². The summed E-state index contributed by atoms with van der Waals surface area (Å²) in [5, 5.41) is 3.28. The fourth-order valence-corrected chi connectivity index (χ4v) is 4.94. The van der Waals surface area contributed by atoms with Crippen LogP contribution in [0.15, 0.2) is 0 Å². The Morgan fingerprint density at radius 3 is 2.25 bits per heavy atom. The molecule has 6 heteroatoms. The van der Waals surface area contributed by atoms with Gasteiger partial charge < -0.3 is 16.0 Å². The van der Waals surface area contributed by atoms with E-state index in [0.717, 1.165) is 19.4 Å². The van der Waals surface area contributed by atoms with Gasteiger partial charge in [-0.25, -0.2) is 0 Å². The molecule has 4 nitrogen and oxygen atoms in total. The molecule has 1 heterocycles. The van der Waals surface area contributed by atoms with Crippen molar-refractivity contribution in [3.8, 4) is 0 Å². The van der Waals surface area contributed by atoms with E-state index in [1.54, 1.807) is 0 Å². The number of likely N-dealkylation sites (tertiary alicyclic amines) is 1. The Balaban J connectivity index is 0.00000144. The highest BCUT2D eigenvalue weighted by Crippen LogP contribution is 2.41. The Hall–Kier alpha value is -0.0300. The van der Waals surface area contributed by atoms with Crippen molar-refractivity contribution < 1.29 is 4.79 Å². The van der Waals surface area contributed by atoms with Gasteiger partial charge in [0, 0.05) is 24.5 Å². The van der Waals surface area contributed by atoms with Gasteiger partial charge in [0.1, 0.15) is 0 Å². The van der Waals surface area contributed by atoms with Crippen LogP contribution in [0, 0.1) is 17.8 Å². The zero-order valence-electron chi connectivity index (χ0n) is 14.9. The quantitative estimate of drug-likeness (QED) is 0.788. The molecule has 2 aliphatic carbocycles. The standard InChI is InChI=1S/C18H33N3O.2ClH/c1-13(12-21-8-3-2-4-9-21)20-18(22)16-10-14-6-5-7-15(11-16)17(14)19;;/h13-17H,2-12,19H2,1H3,(H,20,22);2*1H. The van der Waals surface area contributed by atoms with Gasteiger partial charge in [0.25, 0.3) is 0 Å². The summed E-state index contributed by atoms with van der Waals surface area (Å²) >= 11 is 0. The zero-order chi connectivity index (χ0) is 15.5. The van der Waals surface area contributed by atoms with Crippen LogP contribution in [0.4, 0.5) is 0 Å². The predicted molar refractivity (Wildman–Crippen MR) is 104 cm³/mol. The fourth-order valence-electron chi connectivity index (χ4n) is 4.94. The highest BCUT2D eigenvalue weighted by Gasteiger charge is 2.40. The molecule has 3 aliphatic rings. The van der Waals surface area contributed by atoms with E-state index in [-0.39, 0.29) is 42.7 Å². The summed E-state index contributed by atoms with van der Waals surface area (Å²) in [7, 11) is 0. The molecule has 1 aliphatic heterocycles. The molecule has 3 atom stereocenters. The molecule has 3 N–H and O–H groups in total. The number of halogens is 2. The first-order valence-electron chi connectivity index (χ1n) is 9.42. The van der Waals surface area contributed by atoms with E-state index in [0.29, 0.717) is 17.9 Å². The monoisotopic (exact) mass is 379 g/mol. The minimum absolute atomic E-state index is 0. The minimum Gasteiger partial charge on any atom is -0.352 e. The highest BCUT2D eigenvalue weighted by molar-refractivity contribution is 5.85. The van der Waals surface area contributed by atoms with Crippen molar-refractivity contribution in [2.24, 2.45) is 23.5 Å².